The summed E-state index contributed by atoms with van der Waals surface area (Å²) in [5.41, 5.74) is 6.92. The number of carbonyl (C=O) groups excluding carboxylic acids is 1. The number of ether oxygens (including phenoxy) is 1. The van der Waals surface area contributed by atoms with Crippen LogP contribution in [0.4, 0.5) is 5.69 Å². The number of nitrogen functional groups attached to an aromatic ring is 1. The first-order chi connectivity index (χ1) is 9.02. The number of carbonyl (C=O) groups is 1. The van der Waals surface area contributed by atoms with E-state index in [1.54, 1.807) is 25.3 Å². The molecule has 1 fully saturated rings. The van der Waals surface area contributed by atoms with Gasteiger partial charge in [0, 0.05) is 24.3 Å². The van der Waals surface area contributed by atoms with Gasteiger partial charge in [-0.1, -0.05) is 0 Å². The summed E-state index contributed by atoms with van der Waals surface area (Å²) in [6, 6.07) is 5.38. The zero-order valence-electron chi connectivity index (χ0n) is 11.8. The van der Waals surface area contributed by atoms with Gasteiger partial charge in [0.15, 0.2) is 0 Å². The Hall–Kier alpha value is -1.71. The summed E-state index contributed by atoms with van der Waals surface area (Å²) < 4.78 is 5.27. The van der Waals surface area contributed by atoms with Gasteiger partial charge in [0.05, 0.1) is 12.7 Å². The molecule has 2 N–H and O–H groups in total. The largest absolute Gasteiger partial charge is 0.496 e. The summed E-state index contributed by atoms with van der Waals surface area (Å²) in [6.45, 7) is 4.93. The fourth-order valence-corrected chi connectivity index (χ4v) is 2.15. The number of amides is 1. The Balaban J connectivity index is 2.24. The third-order valence-electron chi connectivity index (χ3n) is 3.49. The van der Waals surface area contributed by atoms with Crippen molar-refractivity contribution in [3.63, 3.8) is 0 Å². The fraction of sp³-hybridized carbons (Fsp3) is 0.533. The lowest BCUT2D eigenvalue weighted by atomic mass is 10.1. The highest BCUT2D eigenvalue weighted by Gasteiger charge is 2.29. The van der Waals surface area contributed by atoms with Crippen LogP contribution in [0, 0.1) is 5.92 Å². The van der Waals surface area contributed by atoms with Crippen molar-refractivity contribution < 1.29 is 9.53 Å². The molecule has 104 valence electrons. The van der Waals surface area contributed by atoms with Crippen molar-refractivity contribution in [3.05, 3.63) is 23.8 Å². The highest BCUT2D eigenvalue weighted by molar-refractivity contribution is 5.97. The van der Waals surface area contributed by atoms with Crippen molar-refractivity contribution in [2.75, 3.05) is 19.4 Å². The first-order valence-electron chi connectivity index (χ1n) is 6.77. The van der Waals surface area contributed by atoms with E-state index in [0.717, 1.165) is 6.54 Å². The van der Waals surface area contributed by atoms with Gasteiger partial charge in [-0.3, -0.25) is 4.79 Å². The maximum absolute atomic E-state index is 12.6. The molecule has 1 aromatic rings. The van der Waals surface area contributed by atoms with Crippen LogP contribution in [-0.2, 0) is 0 Å². The number of nitrogens with two attached hydrogens (primary N) is 1. The molecule has 0 atom stereocenters. The monoisotopic (exact) mass is 262 g/mol. The summed E-state index contributed by atoms with van der Waals surface area (Å²) in [6.07, 6.45) is 2.46. The van der Waals surface area contributed by atoms with Crippen molar-refractivity contribution in [2.24, 2.45) is 5.92 Å². The Morgan fingerprint density at radius 2 is 2.16 bits per heavy atom. The zero-order chi connectivity index (χ0) is 14.0. The fourth-order valence-electron chi connectivity index (χ4n) is 2.15. The van der Waals surface area contributed by atoms with Gasteiger partial charge < -0.3 is 15.4 Å². The highest BCUT2D eigenvalue weighted by Crippen LogP contribution is 2.32. The molecule has 0 unspecified atom stereocenters. The third kappa shape index (κ3) is 3.19. The molecule has 2 rings (SSSR count). The minimum Gasteiger partial charge on any atom is -0.496 e. The van der Waals surface area contributed by atoms with Crippen molar-refractivity contribution in [1.82, 2.24) is 4.90 Å². The minimum atomic E-state index is 0.0266. The van der Waals surface area contributed by atoms with Gasteiger partial charge in [-0.05, 0) is 44.7 Å². The summed E-state index contributed by atoms with van der Waals surface area (Å²) in [4.78, 5) is 14.6. The molecule has 0 heterocycles. The average Bonchev–Trinajstić information content (AvgIpc) is 3.18. The second-order valence-corrected chi connectivity index (χ2v) is 5.45. The number of hydrogen-bond acceptors (Lipinski definition) is 3. The maximum Gasteiger partial charge on any atom is 0.257 e. The molecule has 1 aliphatic carbocycles. The zero-order valence-corrected chi connectivity index (χ0v) is 11.8. The maximum atomic E-state index is 12.6. The van der Waals surface area contributed by atoms with Crippen molar-refractivity contribution in [3.8, 4) is 5.75 Å². The van der Waals surface area contributed by atoms with Gasteiger partial charge >= 0.3 is 0 Å². The van der Waals surface area contributed by atoms with Crippen LogP contribution in [0.25, 0.3) is 0 Å². The lowest BCUT2D eigenvalue weighted by Crippen LogP contribution is -2.38. The van der Waals surface area contributed by atoms with Crippen molar-refractivity contribution in [1.29, 1.82) is 0 Å². The summed E-state index contributed by atoms with van der Waals surface area (Å²) in [5, 5.41) is 0. The van der Waals surface area contributed by atoms with E-state index in [1.807, 2.05) is 18.7 Å². The Bertz CT molecular complexity index is 467. The normalized spacial score (nSPS) is 14.5. The van der Waals surface area contributed by atoms with Crippen LogP contribution in [0.2, 0.25) is 0 Å². The number of methoxy groups -OCH3 is 1. The Morgan fingerprint density at radius 3 is 2.68 bits per heavy atom. The highest BCUT2D eigenvalue weighted by atomic mass is 16.5. The Labute approximate surface area is 114 Å². The number of rotatable bonds is 5. The van der Waals surface area contributed by atoms with Gasteiger partial charge in [0.2, 0.25) is 0 Å². The lowest BCUT2D eigenvalue weighted by molar-refractivity contribution is 0.0693. The second-order valence-electron chi connectivity index (χ2n) is 5.45. The van der Waals surface area contributed by atoms with Crippen molar-refractivity contribution in [2.45, 2.75) is 32.7 Å². The molecule has 1 saturated carbocycles. The van der Waals surface area contributed by atoms with Crippen LogP contribution in [-0.4, -0.2) is 30.5 Å². The van der Waals surface area contributed by atoms with Crippen LogP contribution in [0.15, 0.2) is 18.2 Å². The summed E-state index contributed by atoms with van der Waals surface area (Å²) >= 11 is 0. The van der Waals surface area contributed by atoms with Gasteiger partial charge in [0.25, 0.3) is 5.91 Å². The predicted molar refractivity (Wildman–Crippen MR) is 76.3 cm³/mol. The van der Waals surface area contributed by atoms with Crippen LogP contribution >= 0.6 is 0 Å². The molecule has 19 heavy (non-hydrogen) atoms. The van der Waals surface area contributed by atoms with Crippen LogP contribution in [0.1, 0.15) is 37.0 Å². The molecular weight excluding hydrogens is 240 g/mol. The number of anilines is 1. The van der Waals surface area contributed by atoms with E-state index in [0.29, 0.717) is 22.9 Å². The molecule has 4 heteroatoms. The topological polar surface area (TPSA) is 55.6 Å². The van der Waals surface area contributed by atoms with Crippen LogP contribution in [0.5, 0.6) is 5.75 Å². The molecule has 0 bridgehead atoms. The predicted octanol–water partition coefficient (Wildman–Crippen LogP) is 2.54. The van der Waals surface area contributed by atoms with Crippen LogP contribution in [0.3, 0.4) is 0 Å². The second kappa shape index (κ2) is 5.51. The summed E-state index contributed by atoms with van der Waals surface area (Å²) in [7, 11) is 1.56. The lowest BCUT2D eigenvalue weighted by Gasteiger charge is -2.27. The summed E-state index contributed by atoms with van der Waals surface area (Å²) in [5.74, 6) is 1.25. The SMILES string of the molecule is COc1cc(N)ccc1C(=O)N(CC1CC1)C(C)C. The van der Waals surface area contributed by atoms with E-state index in [2.05, 4.69) is 0 Å². The minimum absolute atomic E-state index is 0.0266. The first kappa shape index (κ1) is 13.7. The van der Waals surface area contributed by atoms with Gasteiger partial charge in [-0.25, -0.2) is 0 Å². The molecule has 4 nitrogen and oxygen atoms in total. The number of hydrogen-bond donors (Lipinski definition) is 1. The molecule has 1 aliphatic rings. The van der Waals surface area contributed by atoms with Gasteiger partial charge in [0.1, 0.15) is 5.75 Å². The number of benzene rings is 1. The quantitative estimate of drug-likeness (QED) is 0.830. The Kier molecular flexibility index (Phi) is 3.98. The first-order valence-corrected chi connectivity index (χ1v) is 6.77. The number of nitrogens with zero attached hydrogens (tertiary/aromatic N) is 1. The third-order valence-corrected chi connectivity index (χ3v) is 3.49. The van der Waals surface area contributed by atoms with E-state index < -0.39 is 0 Å². The van der Waals surface area contributed by atoms with E-state index in [-0.39, 0.29) is 11.9 Å². The Morgan fingerprint density at radius 1 is 1.47 bits per heavy atom. The van der Waals surface area contributed by atoms with Crippen LogP contribution < -0.4 is 10.5 Å². The average molecular weight is 262 g/mol. The van der Waals surface area contributed by atoms with Crippen molar-refractivity contribution >= 4 is 11.6 Å². The molecular formula is C15H22N2O2. The van der Waals surface area contributed by atoms with Gasteiger partial charge in [-0.15, -0.1) is 0 Å². The standard InChI is InChI=1S/C15H22N2O2/c1-10(2)17(9-11-4-5-11)15(18)13-7-6-12(16)8-14(13)19-3/h6-8,10-11H,4-5,9,16H2,1-3H3. The van der Waals surface area contributed by atoms with E-state index in [1.165, 1.54) is 12.8 Å². The molecule has 0 aliphatic heterocycles. The van der Waals surface area contributed by atoms with E-state index in [9.17, 15) is 4.79 Å². The van der Waals surface area contributed by atoms with E-state index >= 15 is 0 Å². The smallest absolute Gasteiger partial charge is 0.257 e. The molecule has 0 aromatic heterocycles. The molecule has 1 aromatic carbocycles. The molecule has 0 saturated heterocycles. The molecule has 1 amide bonds. The molecule has 0 radical (unpaired) electrons. The molecule has 0 spiro atoms. The van der Waals surface area contributed by atoms with Gasteiger partial charge in [-0.2, -0.15) is 0 Å². The van der Waals surface area contributed by atoms with E-state index in [4.69, 9.17) is 10.5 Å².